The van der Waals surface area contributed by atoms with Gasteiger partial charge in [-0.15, -0.1) is 0 Å². The van der Waals surface area contributed by atoms with E-state index < -0.39 is 0 Å². The van der Waals surface area contributed by atoms with Gasteiger partial charge in [-0.1, -0.05) is 17.3 Å². The topological polar surface area (TPSA) is 108 Å². The maximum Gasteiger partial charge on any atom is 0.272 e. The molecule has 1 aliphatic rings. The second-order valence-corrected chi connectivity index (χ2v) is 6.17. The van der Waals surface area contributed by atoms with Crippen LogP contribution in [0, 0.1) is 0 Å². The molecular formula is C17H17N5O3. The van der Waals surface area contributed by atoms with Gasteiger partial charge in [0.25, 0.3) is 5.91 Å². The minimum atomic E-state index is -0.250. The van der Waals surface area contributed by atoms with E-state index >= 15 is 0 Å². The van der Waals surface area contributed by atoms with Crippen LogP contribution in [0.25, 0.3) is 11.3 Å². The molecule has 4 rings (SSSR count). The molecule has 8 nitrogen and oxygen atoms in total. The molecule has 2 heterocycles. The molecule has 2 N–H and O–H groups in total. The largest absolute Gasteiger partial charge is 0.507 e. The number of amides is 1. The average Bonchev–Trinajstić information content (AvgIpc) is 3.16. The van der Waals surface area contributed by atoms with Crippen LogP contribution in [0.3, 0.4) is 0 Å². The quantitative estimate of drug-likeness (QED) is 0.738. The van der Waals surface area contributed by atoms with Crippen LogP contribution in [0.2, 0.25) is 0 Å². The molecule has 1 saturated carbocycles. The minimum Gasteiger partial charge on any atom is -0.507 e. The molecule has 1 fully saturated rings. The van der Waals surface area contributed by atoms with Gasteiger partial charge in [0.05, 0.1) is 5.69 Å². The van der Waals surface area contributed by atoms with Gasteiger partial charge in [0, 0.05) is 18.5 Å². The van der Waals surface area contributed by atoms with E-state index in [0.29, 0.717) is 28.8 Å². The van der Waals surface area contributed by atoms with Crippen molar-refractivity contribution in [3.8, 4) is 17.0 Å². The lowest BCUT2D eigenvalue weighted by atomic mass is 10.1. The zero-order valence-electron chi connectivity index (χ0n) is 13.6. The summed E-state index contributed by atoms with van der Waals surface area (Å²) in [6, 6.07) is 8.44. The third-order valence-electron chi connectivity index (χ3n) is 4.13. The van der Waals surface area contributed by atoms with Crippen molar-refractivity contribution in [2.75, 3.05) is 7.05 Å². The zero-order chi connectivity index (χ0) is 17.4. The van der Waals surface area contributed by atoms with Crippen molar-refractivity contribution in [3.63, 3.8) is 0 Å². The number of nitrogens with one attached hydrogen (secondary N) is 1. The van der Waals surface area contributed by atoms with Crippen LogP contribution < -0.4 is 0 Å². The fraction of sp³-hybridized carbons (Fsp3) is 0.294. The van der Waals surface area contributed by atoms with Gasteiger partial charge in [-0.25, -0.2) is 0 Å². The van der Waals surface area contributed by atoms with E-state index in [0.717, 1.165) is 18.7 Å². The molecule has 0 unspecified atom stereocenters. The van der Waals surface area contributed by atoms with Crippen molar-refractivity contribution in [1.29, 1.82) is 0 Å². The normalized spacial score (nSPS) is 13.8. The summed E-state index contributed by atoms with van der Waals surface area (Å²) in [4.78, 5) is 18.3. The smallest absolute Gasteiger partial charge is 0.272 e. The molecule has 1 aromatic carbocycles. The number of nitrogens with zero attached hydrogens (tertiary/aromatic N) is 4. The Kier molecular flexibility index (Phi) is 3.72. The lowest BCUT2D eigenvalue weighted by Crippen LogP contribution is -2.26. The number of phenols is 1. The number of para-hydroxylation sites is 1. The van der Waals surface area contributed by atoms with Crippen LogP contribution in [0.5, 0.6) is 5.75 Å². The number of hydrogen-bond donors (Lipinski definition) is 2. The third-order valence-corrected chi connectivity index (χ3v) is 4.13. The van der Waals surface area contributed by atoms with Crippen molar-refractivity contribution in [1.82, 2.24) is 25.2 Å². The molecule has 25 heavy (non-hydrogen) atoms. The maximum atomic E-state index is 12.5. The number of rotatable bonds is 5. The Morgan fingerprint density at radius 2 is 2.20 bits per heavy atom. The third kappa shape index (κ3) is 3.10. The van der Waals surface area contributed by atoms with Crippen LogP contribution in [0.1, 0.15) is 41.0 Å². The summed E-state index contributed by atoms with van der Waals surface area (Å²) in [6.45, 7) is 0.226. The number of H-pyrrole nitrogens is 1. The summed E-state index contributed by atoms with van der Waals surface area (Å²) < 4.78 is 5.20. The lowest BCUT2D eigenvalue weighted by molar-refractivity contribution is 0.0763. The number of phenolic OH excluding ortho intramolecular Hbond substituents is 1. The molecule has 3 aromatic rings. The van der Waals surface area contributed by atoms with Crippen LogP contribution in [0.4, 0.5) is 0 Å². The standard InChI is InChI=1S/C17H17N5O3/c1-22(9-15-18-16(21-25-15)10-6-7-10)17(24)13-8-12(19-20-13)11-4-2-3-5-14(11)23/h2-5,8,10,23H,6-7,9H2,1H3,(H,19,20). The highest BCUT2D eigenvalue weighted by Gasteiger charge is 2.29. The summed E-state index contributed by atoms with van der Waals surface area (Å²) in [5, 5.41) is 20.7. The van der Waals surface area contributed by atoms with E-state index in [9.17, 15) is 9.90 Å². The van der Waals surface area contributed by atoms with Crippen LogP contribution >= 0.6 is 0 Å². The van der Waals surface area contributed by atoms with Gasteiger partial charge in [-0.05, 0) is 31.0 Å². The van der Waals surface area contributed by atoms with Gasteiger partial charge in [0.1, 0.15) is 18.0 Å². The van der Waals surface area contributed by atoms with Crippen LogP contribution in [-0.2, 0) is 6.54 Å². The van der Waals surface area contributed by atoms with Crippen molar-refractivity contribution in [2.24, 2.45) is 0 Å². The number of aromatic hydroxyl groups is 1. The van der Waals surface area contributed by atoms with Gasteiger partial charge in [0.15, 0.2) is 5.82 Å². The van der Waals surface area contributed by atoms with Gasteiger partial charge in [-0.2, -0.15) is 10.1 Å². The molecule has 2 aromatic heterocycles. The molecule has 128 valence electrons. The van der Waals surface area contributed by atoms with Gasteiger partial charge in [0.2, 0.25) is 5.89 Å². The SMILES string of the molecule is CN(Cc1nc(C2CC2)no1)C(=O)c1cc(-c2ccccc2O)n[nH]1. The summed E-state index contributed by atoms with van der Waals surface area (Å²) in [5.41, 5.74) is 1.39. The number of carbonyl (C=O) groups excluding carboxylic acids is 1. The molecule has 0 bridgehead atoms. The summed E-state index contributed by atoms with van der Waals surface area (Å²) in [5.74, 6) is 1.41. The predicted octanol–water partition coefficient (Wildman–Crippen LogP) is 2.31. The van der Waals surface area contributed by atoms with E-state index in [1.54, 1.807) is 37.4 Å². The first-order valence-corrected chi connectivity index (χ1v) is 8.03. The molecule has 0 radical (unpaired) electrons. The van der Waals surface area contributed by atoms with Crippen molar-refractivity contribution in [3.05, 3.63) is 47.7 Å². The first kappa shape index (κ1) is 15.4. The fourth-order valence-corrected chi connectivity index (χ4v) is 2.58. The highest BCUT2D eigenvalue weighted by atomic mass is 16.5. The Bertz CT molecular complexity index is 912. The molecule has 0 saturated heterocycles. The number of carbonyl (C=O) groups is 1. The predicted molar refractivity (Wildman–Crippen MR) is 87.8 cm³/mol. The van der Waals surface area contributed by atoms with Crippen molar-refractivity contribution in [2.45, 2.75) is 25.3 Å². The van der Waals surface area contributed by atoms with E-state index in [1.165, 1.54) is 4.90 Å². The molecular weight excluding hydrogens is 322 g/mol. The Hall–Kier alpha value is -3.16. The van der Waals surface area contributed by atoms with E-state index in [2.05, 4.69) is 20.3 Å². The van der Waals surface area contributed by atoms with E-state index in [1.807, 2.05) is 0 Å². The minimum absolute atomic E-state index is 0.111. The lowest BCUT2D eigenvalue weighted by Gasteiger charge is -2.12. The second-order valence-electron chi connectivity index (χ2n) is 6.17. The van der Waals surface area contributed by atoms with Crippen LogP contribution in [0.15, 0.2) is 34.9 Å². The summed E-state index contributed by atoms with van der Waals surface area (Å²) in [7, 11) is 1.66. The number of aromatic amines is 1. The molecule has 0 spiro atoms. The van der Waals surface area contributed by atoms with E-state index in [4.69, 9.17) is 4.52 Å². The highest BCUT2D eigenvalue weighted by molar-refractivity contribution is 5.93. The Morgan fingerprint density at radius 3 is 2.96 bits per heavy atom. The number of aromatic nitrogens is 4. The van der Waals surface area contributed by atoms with Gasteiger partial charge < -0.3 is 14.5 Å². The maximum absolute atomic E-state index is 12.5. The van der Waals surface area contributed by atoms with E-state index in [-0.39, 0.29) is 18.2 Å². The molecule has 0 aliphatic heterocycles. The molecule has 8 heteroatoms. The van der Waals surface area contributed by atoms with Crippen molar-refractivity contribution >= 4 is 5.91 Å². The number of hydrogen-bond acceptors (Lipinski definition) is 6. The first-order chi connectivity index (χ1) is 12.1. The Balaban J connectivity index is 1.47. The fourth-order valence-electron chi connectivity index (χ4n) is 2.58. The Morgan fingerprint density at radius 1 is 1.40 bits per heavy atom. The molecule has 0 atom stereocenters. The van der Waals surface area contributed by atoms with Crippen molar-refractivity contribution < 1.29 is 14.4 Å². The van der Waals surface area contributed by atoms with Gasteiger partial charge >= 0.3 is 0 Å². The second kappa shape index (κ2) is 6.04. The number of benzene rings is 1. The first-order valence-electron chi connectivity index (χ1n) is 8.03. The zero-order valence-corrected chi connectivity index (χ0v) is 13.6. The molecule has 1 amide bonds. The average molecular weight is 339 g/mol. The highest BCUT2D eigenvalue weighted by Crippen LogP contribution is 2.38. The van der Waals surface area contributed by atoms with Gasteiger partial charge in [-0.3, -0.25) is 9.89 Å². The van der Waals surface area contributed by atoms with Crippen LogP contribution in [-0.4, -0.2) is 43.3 Å². The molecule has 1 aliphatic carbocycles. The summed E-state index contributed by atoms with van der Waals surface area (Å²) >= 11 is 0. The Labute approximate surface area is 143 Å². The monoisotopic (exact) mass is 339 g/mol. The summed E-state index contributed by atoms with van der Waals surface area (Å²) in [6.07, 6.45) is 2.19.